The summed E-state index contributed by atoms with van der Waals surface area (Å²) >= 11 is 1.68. The van der Waals surface area contributed by atoms with Gasteiger partial charge in [0.2, 0.25) is 0 Å². The summed E-state index contributed by atoms with van der Waals surface area (Å²) in [6, 6.07) is 0. The molecule has 2 atom stereocenters. The van der Waals surface area contributed by atoms with Crippen molar-refractivity contribution in [2.24, 2.45) is 0 Å². The Labute approximate surface area is 78.5 Å². The second-order valence-corrected chi connectivity index (χ2v) is 3.41. The standard InChI is InChI=1S/C5H6BrF5O2/c6-4(7,8)2(12)1-3(13)5(9,10)11/h2-3,12-13H,1H2. The van der Waals surface area contributed by atoms with E-state index in [-0.39, 0.29) is 0 Å². The van der Waals surface area contributed by atoms with E-state index in [2.05, 4.69) is 0 Å². The van der Waals surface area contributed by atoms with Crippen molar-refractivity contribution in [2.75, 3.05) is 0 Å². The van der Waals surface area contributed by atoms with Crippen molar-refractivity contribution in [2.45, 2.75) is 29.6 Å². The van der Waals surface area contributed by atoms with E-state index < -0.39 is 29.6 Å². The molecule has 0 radical (unpaired) electrons. The zero-order chi connectivity index (χ0) is 10.9. The van der Waals surface area contributed by atoms with Gasteiger partial charge in [0.25, 0.3) is 0 Å². The van der Waals surface area contributed by atoms with E-state index in [9.17, 15) is 22.0 Å². The minimum absolute atomic E-state index is 1.47. The third kappa shape index (κ3) is 4.72. The molecule has 0 aliphatic heterocycles. The normalized spacial score (nSPS) is 18.5. The van der Waals surface area contributed by atoms with Crippen molar-refractivity contribution >= 4 is 15.9 Å². The predicted molar refractivity (Wildman–Crippen MR) is 36.6 cm³/mol. The molecule has 0 saturated heterocycles. The Kier molecular flexibility index (Phi) is 4.07. The minimum atomic E-state index is -5.00. The summed E-state index contributed by atoms with van der Waals surface area (Å²) in [6.45, 7) is 0. The maximum atomic E-state index is 12.1. The molecule has 0 aromatic heterocycles. The van der Waals surface area contributed by atoms with Crippen LogP contribution in [0.15, 0.2) is 0 Å². The predicted octanol–water partition coefficient (Wildman–Crippen LogP) is 1.65. The van der Waals surface area contributed by atoms with Crippen molar-refractivity contribution in [3.63, 3.8) is 0 Å². The van der Waals surface area contributed by atoms with E-state index in [1.54, 1.807) is 15.9 Å². The average molecular weight is 273 g/mol. The number of aliphatic hydroxyl groups excluding tert-OH is 2. The van der Waals surface area contributed by atoms with Crippen molar-refractivity contribution in [1.29, 1.82) is 0 Å². The maximum absolute atomic E-state index is 12.1. The largest absolute Gasteiger partial charge is 0.414 e. The van der Waals surface area contributed by atoms with Crippen LogP contribution >= 0.6 is 15.9 Å². The smallest absolute Gasteiger partial charge is 0.386 e. The molecule has 0 fully saturated rings. The van der Waals surface area contributed by atoms with Crippen LogP contribution in [0, 0.1) is 0 Å². The topological polar surface area (TPSA) is 40.5 Å². The zero-order valence-electron chi connectivity index (χ0n) is 6.02. The van der Waals surface area contributed by atoms with Gasteiger partial charge in [0.05, 0.1) is 0 Å². The summed E-state index contributed by atoms with van der Waals surface area (Å²) in [7, 11) is 0. The van der Waals surface area contributed by atoms with Crippen molar-refractivity contribution in [3.8, 4) is 0 Å². The Morgan fingerprint density at radius 1 is 1.00 bits per heavy atom. The van der Waals surface area contributed by atoms with E-state index >= 15 is 0 Å². The number of hydrogen-bond donors (Lipinski definition) is 2. The van der Waals surface area contributed by atoms with Crippen LogP contribution in [0.1, 0.15) is 6.42 Å². The van der Waals surface area contributed by atoms with Gasteiger partial charge < -0.3 is 10.2 Å². The van der Waals surface area contributed by atoms with Crippen LogP contribution in [0.25, 0.3) is 0 Å². The number of rotatable bonds is 3. The second-order valence-electron chi connectivity index (χ2n) is 2.35. The molecule has 80 valence electrons. The summed E-state index contributed by atoms with van der Waals surface area (Å²) in [6.07, 6.45) is -12.0. The zero-order valence-corrected chi connectivity index (χ0v) is 7.61. The van der Waals surface area contributed by atoms with E-state index in [1.807, 2.05) is 0 Å². The van der Waals surface area contributed by atoms with Crippen LogP contribution in [0.5, 0.6) is 0 Å². The van der Waals surface area contributed by atoms with E-state index in [4.69, 9.17) is 10.2 Å². The fourth-order valence-electron chi connectivity index (χ4n) is 0.479. The van der Waals surface area contributed by atoms with Crippen LogP contribution in [-0.4, -0.2) is 33.4 Å². The summed E-state index contributed by atoms with van der Waals surface area (Å²) in [5.41, 5.74) is 0. The van der Waals surface area contributed by atoms with Crippen molar-refractivity contribution < 1.29 is 32.2 Å². The highest BCUT2D eigenvalue weighted by molar-refractivity contribution is 9.10. The molecule has 0 bridgehead atoms. The fourth-order valence-corrected chi connectivity index (χ4v) is 0.666. The van der Waals surface area contributed by atoms with Crippen molar-refractivity contribution in [3.05, 3.63) is 0 Å². The second kappa shape index (κ2) is 4.05. The number of aliphatic hydroxyl groups is 2. The molecule has 0 spiro atoms. The molecule has 0 aliphatic rings. The number of halogens is 6. The van der Waals surface area contributed by atoms with Crippen molar-refractivity contribution in [1.82, 2.24) is 0 Å². The van der Waals surface area contributed by atoms with E-state index in [1.165, 1.54) is 0 Å². The molecule has 2 nitrogen and oxygen atoms in total. The van der Waals surface area contributed by atoms with Gasteiger partial charge in [0.15, 0.2) is 6.10 Å². The quantitative estimate of drug-likeness (QED) is 0.606. The van der Waals surface area contributed by atoms with Gasteiger partial charge in [0.1, 0.15) is 6.10 Å². The Morgan fingerprint density at radius 2 is 1.38 bits per heavy atom. The van der Waals surface area contributed by atoms with Gasteiger partial charge in [-0.2, -0.15) is 22.0 Å². The maximum Gasteiger partial charge on any atom is 0.414 e. The van der Waals surface area contributed by atoms with Gasteiger partial charge in [-0.25, -0.2) is 0 Å². The molecule has 0 heterocycles. The van der Waals surface area contributed by atoms with E-state index in [0.29, 0.717) is 0 Å². The van der Waals surface area contributed by atoms with E-state index in [0.717, 1.165) is 0 Å². The molecular weight excluding hydrogens is 267 g/mol. The molecule has 0 aromatic rings. The Hall–Kier alpha value is 0.0500. The van der Waals surface area contributed by atoms with Crippen LogP contribution in [0.2, 0.25) is 0 Å². The van der Waals surface area contributed by atoms with Gasteiger partial charge in [-0.3, -0.25) is 0 Å². The first-order valence-corrected chi connectivity index (χ1v) is 3.84. The average Bonchev–Trinajstić information content (AvgIpc) is 1.82. The molecule has 0 aliphatic carbocycles. The van der Waals surface area contributed by atoms with Gasteiger partial charge in [-0.1, -0.05) is 0 Å². The Balaban J connectivity index is 4.15. The molecular formula is C5H6BrF5O2. The van der Waals surface area contributed by atoms with Crippen LogP contribution < -0.4 is 0 Å². The minimum Gasteiger partial charge on any atom is -0.386 e. The summed E-state index contributed by atoms with van der Waals surface area (Å²) in [4.78, 5) is -3.83. The fraction of sp³-hybridized carbons (Fsp3) is 1.00. The highest BCUT2D eigenvalue weighted by Gasteiger charge is 2.44. The highest BCUT2D eigenvalue weighted by Crippen LogP contribution is 2.32. The number of alkyl halides is 6. The van der Waals surface area contributed by atoms with Crippen LogP contribution in [0.4, 0.5) is 22.0 Å². The Bertz CT molecular complexity index is 147. The number of hydrogen-bond acceptors (Lipinski definition) is 2. The molecule has 13 heavy (non-hydrogen) atoms. The first-order valence-electron chi connectivity index (χ1n) is 3.04. The lowest BCUT2D eigenvalue weighted by atomic mass is 10.1. The molecule has 8 heteroatoms. The first kappa shape index (κ1) is 13.1. The molecule has 0 aromatic carbocycles. The highest BCUT2D eigenvalue weighted by atomic mass is 79.9. The third-order valence-corrected chi connectivity index (χ3v) is 1.73. The van der Waals surface area contributed by atoms with Crippen LogP contribution in [-0.2, 0) is 0 Å². The lowest BCUT2D eigenvalue weighted by Crippen LogP contribution is -2.37. The molecule has 2 unspecified atom stereocenters. The lowest BCUT2D eigenvalue weighted by molar-refractivity contribution is -0.216. The van der Waals surface area contributed by atoms with Gasteiger partial charge >= 0.3 is 11.0 Å². The summed E-state index contributed by atoms with van der Waals surface area (Å²) in [5, 5.41) is 16.7. The van der Waals surface area contributed by atoms with Gasteiger partial charge in [-0.15, -0.1) is 0 Å². The summed E-state index contributed by atoms with van der Waals surface area (Å²) < 4.78 is 58.8. The first-order chi connectivity index (χ1) is 5.55. The third-order valence-electron chi connectivity index (χ3n) is 1.20. The lowest BCUT2D eigenvalue weighted by Gasteiger charge is -2.20. The molecule has 0 saturated carbocycles. The molecule has 0 rings (SSSR count). The molecule has 2 N–H and O–H groups in total. The van der Waals surface area contributed by atoms with Gasteiger partial charge in [0, 0.05) is 6.42 Å². The monoisotopic (exact) mass is 272 g/mol. The molecule has 0 amide bonds. The van der Waals surface area contributed by atoms with Crippen LogP contribution in [0.3, 0.4) is 0 Å². The Morgan fingerprint density at radius 3 is 1.62 bits per heavy atom. The van der Waals surface area contributed by atoms with Gasteiger partial charge in [-0.05, 0) is 15.9 Å². The summed E-state index contributed by atoms with van der Waals surface area (Å²) in [5.74, 6) is 0. The SMILES string of the molecule is OC(CC(O)C(F)(F)Br)C(F)(F)F.